The van der Waals surface area contributed by atoms with Gasteiger partial charge in [0.25, 0.3) is 0 Å². The molecule has 0 nitrogen and oxygen atoms in total. The minimum atomic E-state index is 0.352. The predicted octanol–water partition coefficient (Wildman–Crippen LogP) is 2.58. The predicted molar refractivity (Wildman–Crippen MR) is 30.3 cm³/mol. The van der Waals surface area contributed by atoms with Crippen molar-refractivity contribution in [1.82, 2.24) is 0 Å². The average Bonchev–Trinajstić information content (AvgIpc) is 1.35. The van der Waals surface area contributed by atoms with Gasteiger partial charge < -0.3 is 0 Å². The highest BCUT2D eigenvalue weighted by molar-refractivity contribution is 6.52. The van der Waals surface area contributed by atoms with Crippen LogP contribution in [0.4, 0.5) is 0 Å². The average molecular weight is 146 g/mol. The zero-order valence-corrected chi connectivity index (χ0v) is 5.32. The van der Waals surface area contributed by atoms with Gasteiger partial charge in [-0.15, -0.1) is 11.6 Å². The van der Waals surface area contributed by atoms with E-state index in [0.717, 1.165) is 0 Å². The molecule has 0 aromatic rings. The Hall–Kier alpha value is 0.870. The minimum Gasteiger partial charge on any atom is -0.127 e. The van der Waals surface area contributed by atoms with Crippen LogP contribution in [-0.2, 0) is 0 Å². The van der Waals surface area contributed by atoms with E-state index in [1.807, 2.05) is 0 Å². The van der Waals surface area contributed by atoms with E-state index in [4.69, 9.17) is 34.8 Å². The van der Waals surface area contributed by atoms with E-state index in [2.05, 4.69) is 0 Å². The van der Waals surface area contributed by atoms with Crippen molar-refractivity contribution in [3.05, 3.63) is 4.84 Å². The SMILES string of the molecule is ClCC[C](Cl)Cl. The molecule has 0 rings (SSSR count). The molecule has 0 aliphatic heterocycles. The van der Waals surface area contributed by atoms with Crippen LogP contribution in [0.25, 0.3) is 0 Å². The molecule has 0 aliphatic carbocycles. The Morgan fingerprint density at radius 3 is 1.83 bits per heavy atom. The number of alkyl halides is 1. The lowest BCUT2D eigenvalue weighted by Crippen LogP contribution is -1.74. The van der Waals surface area contributed by atoms with E-state index < -0.39 is 0 Å². The minimum absolute atomic E-state index is 0.352. The monoisotopic (exact) mass is 145 g/mol. The Kier molecular flexibility index (Phi) is 4.63. The molecule has 0 spiro atoms. The van der Waals surface area contributed by atoms with Gasteiger partial charge in [0.15, 0.2) is 4.84 Å². The molecular formula is C3H4Cl3. The van der Waals surface area contributed by atoms with Crippen LogP contribution in [-0.4, -0.2) is 5.88 Å². The molecule has 0 amide bonds. The van der Waals surface area contributed by atoms with Crippen LogP contribution in [0.2, 0.25) is 0 Å². The van der Waals surface area contributed by atoms with E-state index in [9.17, 15) is 0 Å². The summed E-state index contributed by atoms with van der Waals surface area (Å²) >= 11 is 15.6. The Morgan fingerprint density at radius 2 is 1.83 bits per heavy atom. The lowest BCUT2D eigenvalue weighted by Gasteiger charge is -1.87. The van der Waals surface area contributed by atoms with Gasteiger partial charge in [-0.2, -0.15) is 0 Å². The Morgan fingerprint density at radius 1 is 1.33 bits per heavy atom. The fourth-order valence-corrected chi connectivity index (χ4v) is 0.643. The zero-order chi connectivity index (χ0) is 4.99. The van der Waals surface area contributed by atoms with Crippen molar-refractivity contribution in [2.75, 3.05) is 5.88 Å². The first kappa shape index (κ1) is 6.87. The maximum atomic E-state index is 5.21. The van der Waals surface area contributed by atoms with Gasteiger partial charge in [0.2, 0.25) is 0 Å². The first-order chi connectivity index (χ1) is 2.77. The molecule has 0 fully saturated rings. The summed E-state index contributed by atoms with van der Waals surface area (Å²) < 4.78 is 0. The van der Waals surface area contributed by atoms with Crippen molar-refractivity contribution in [2.45, 2.75) is 6.42 Å². The van der Waals surface area contributed by atoms with Gasteiger partial charge in [-0.3, -0.25) is 0 Å². The summed E-state index contributed by atoms with van der Waals surface area (Å²) in [7, 11) is 0. The molecule has 0 heterocycles. The van der Waals surface area contributed by atoms with Gasteiger partial charge >= 0.3 is 0 Å². The van der Waals surface area contributed by atoms with Crippen LogP contribution in [0, 0.1) is 4.84 Å². The summed E-state index contributed by atoms with van der Waals surface area (Å²) in [5, 5.41) is 0. The van der Waals surface area contributed by atoms with Crippen LogP contribution in [0.1, 0.15) is 6.42 Å². The molecule has 0 saturated carbocycles. The standard InChI is InChI=1S/C3H4Cl3/c4-2-1-3(5)6/h1-2H2. The summed E-state index contributed by atoms with van der Waals surface area (Å²) in [6, 6.07) is 0. The molecule has 1 radical (unpaired) electrons. The topological polar surface area (TPSA) is 0 Å². The van der Waals surface area contributed by atoms with E-state index in [1.165, 1.54) is 0 Å². The summed E-state index contributed by atoms with van der Waals surface area (Å²) in [5.74, 6) is 0.502. The van der Waals surface area contributed by atoms with Crippen LogP contribution in [0.15, 0.2) is 0 Å². The summed E-state index contributed by atoms with van der Waals surface area (Å²) in [4.78, 5) is 0.352. The van der Waals surface area contributed by atoms with Gasteiger partial charge in [0.1, 0.15) is 0 Å². The number of hydrogen-bond acceptors (Lipinski definition) is 0. The molecule has 0 aliphatic rings. The first-order valence-electron chi connectivity index (χ1n) is 1.50. The molecule has 0 unspecified atom stereocenters. The van der Waals surface area contributed by atoms with Crippen molar-refractivity contribution in [3.8, 4) is 0 Å². The normalized spacial score (nSPS) is 10.0. The molecular weight excluding hydrogens is 142 g/mol. The van der Waals surface area contributed by atoms with Crippen LogP contribution in [0.5, 0.6) is 0 Å². The number of rotatable bonds is 2. The highest BCUT2D eigenvalue weighted by atomic mass is 35.5. The van der Waals surface area contributed by atoms with Crippen molar-refractivity contribution in [3.63, 3.8) is 0 Å². The lowest BCUT2D eigenvalue weighted by atomic mass is 10.6. The van der Waals surface area contributed by atoms with E-state index in [1.54, 1.807) is 0 Å². The molecule has 0 aromatic heterocycles. The molecule has 0 bridgehead atoms. The van der Waals surface area contributed by atoms with E-state index in [-0.39, 0.29) is 0 Å². The number of hydrogen-bond donors (Lipinski definition) is 0. The third-order valence-electron chi connectivity index (χ3n) is 0.283. The van der Waals surface area contributed by atoms with Gasteiger partial charge in [0.05, 0.1) is 0 Å². The quantitative estimate of drug-likeness (QED) is 0.525. The Labute approximate surface area is 52.4 Å². The summed E-state index contributed by atoms with van der Waals surface area (Å²) in [5.41, 5.74) is 0. The lowest BCUT2D eigenvalue weighted by molar-refractivity contribution is 1.17. The molecule has 37 valence electrons. The van der Waals surface area contributed by atoms with E-state index in [0.29, 0.717) is 17.1 Å². The molecule has 0 saturated heterocycles. The van der Waals surface area contributed by atoms with Crippen LogP contribution in [0.3, 0.4) is 0 Å². The highest BCUT2D eigenvalue weighted by Crippen LogP contribution is 2.16. The summed E-state index contributed by atoms with van der Waals surface area (Å²) in [6.07, 6.45) is 0.588. The van der Waals surface area contributed by atoms with Gasteiger partial charge in [-0.05, 0) is 6.42 Å². The van der Waals surface area contributed by atoms with Crippen LogP contribution < -0.4 is 0 Å². The van der Waals surface area contributed by atoms with Gasteiger partial charge in [-0.25, -0.2) is 0 Å². The summed E-state index contributed by atoms with van der Waals surface area (Å²) in [6.45, 7) is 0. The van der Waals surface area contributed by atoms with Crippen molar-refractivity contribution < 1.29 is 0 Å². The fourth-order valence-electron chi connectivity index (χ4n) is 0.0714. The molecule has 0 N–H and O–H groups in total. The molecule has 3 heteroatoms. The van der Waals surface area contributed by atoms with Gasteiger partial charge in [0, 0.05) is 5.88 Å². The molecule has 0 atom stereocenters. The van der Waals surface area contributed by atoms with Crippen molar-refractivity contribution in [1.29, 1.82) is 0 Å². The first-order valence-corrected chi connectivity index (χ1v) is 2.79. The third-order valence-corrected chi connectivity index (χ3v) is 0.850. The van der Waals surface area contributed by atoms with Crippen molar-refractivity contribution in [2.24, 2.45) is 0 Å². The third kappa shape index (κ3) is 4.87. The highest BCUT2D eigenvalue weighted by Gasteiger charge is 1.94. The second kappa shape index (κ2) is 4.04. The molecule has 6 heavy (non-hydrogen) atoms. The second-order valence-electron chi connectivity index (χ2n) is 0.778. The van der Waals surface area contributed by atoms with Crippen LogP contribution >= 0.6 is 34.8 Å². The smallest absolute Gasteiger partial charge is 0.127 e. The Balaban J connectivity index is 2.63. The molecule has 0 aromatic carbocycles. The Bertz CT molecular complexity index is 27.2. The zero-order valence-electron chi connectivity index (χ0n) is 3.05. The van der Waals surface area contributed by atoms with Crippen molar-refractivity contribution >= 4 is 34.8 Å². The number of halogens is 3. The maximum Gasteiger partial charge on any atom is 0.152 e. The fraction of sp³-hybridized carbons (Fsp3) is 0.667. The largest absolute Gasteiger partial charge is 0.152 e. The maximum absolute atomic E-state index is 5.21. The second-order valence-corrected chi connectivity index (χ2v) is 2.26. The van der Waals surface area contributed by atoms with E-state index >= 15 is 0 Å². The van der Waals surface area contributed by atoms with Gasteiger partial charge in [-0.1, -0.05) is 23.2 Å².